The van der Waals surface area contributed by atoms with Crippen molar-refractivity contribution < 1.29 is 9.90 Å². The number of benzene rings is 1. The molecule has 1 atom stereocenters. The lowest BCUT2D eigenvalue weighted by molar-refractivity contribution is -0.147. The fraction of sp³-hybridized carbons (Fsp3) is 0.375. The first-order valence-electron chi connectivity index (χ1n) is 6.97. The Morgan fingerprint density at radius 2 is 2.29 bits per heavy atom. The molecular weight excluding hydrogens is 288 g/mol. The van der Waals surface area contributed by atoms with Gasteiger partial charge in [0.15, 0.2) is 0 Å². The van der Waals surface area contributed by atoms with E-state index in [1.165, 1.54) is 0 Å². The van der Waals surface area contributed by atoms with Crippen LogP contribution >= 0.6 is 11.6 Å². The first-order chi connectivity index (χ1) is 9.99. The lowest BCUT2D eigenvalue weighted by Crippen LogP contribution is -2.31. The number of aromatic nitrogens is 1. The highest BCUT2D eigenvalue weighted by atomic mass is 35.5. The van der Waals surface area contributed by atoms with Gasteiger partial charge in [-0.2, -0.15) is 0 Å². The van der Waals surface area contributed by atoms with Crippen molar-refractivity contribution in [2.45, 2.75) is 19.9 Å². The van der Waals surface area contributed by atoms with Gasteiger partial charge in [-0.05, 0) is 32.0 Å². The Hall–Kier alpha value is -1.65. The molecule has 110 valence electrons. The van der Waals surface area contributed by atoms with E-state index in [0.717, 1.165) is 23.0 Å². The van der Waals surface area contributed by atoms with Crippen LogP contribution in [0.15, 0.2) is 30.5 Å². The van der Waals surface area contributed by atoms with E-state index in [9.17, 15) is 9.90 Å². The number of halogens is 1. The van der Waals surface area contributed by atoms with Gasteiger partial charge in [-0.25, -0.2) is 0 Å². The Kier molecular flexibility index (Phi) is 3.59. The van der Waals surface area contributed by atoms with Crippen LogP contribution in [0.3, 0.4) is 0 Å². The molecule has 0 aliphatic carbocycles. The molecule has 0 bridgehead atoms. The minimum atomic E-state index is -0.729. The molecule has 1 aliphatic heterocycles. The first-order valence-corrected chi connectivity index (χ1v) is 7.35. The van der Waals surface area contributed by atoms with Gasteiger partial charge in [-0.3, -0.25) is 14.7 Å². The number of nitrogens with zero attached hydrogens (tertiary/aromatic N) is 2. The van der Waals surface area contributed by atoms with Crippen LogP contribution in [0.25, 0.3) is 10.9 Å². The summed E-state index contributed by atoms with van der Waals surface area (Å²) in [6.45, 7) is 3.75. The Morgan fingerprint density at radius 1 is 1.48 bits per heavy atom. The predicted molar refractivity (Wildman–Crippen MR) is 82.4 cm³/mol. The standard InChI is InChI=1S/C16H17ClN2O2/c1-16(15(20)21)6-8-19(10-16)9-12-13(17)5-4-11-3-2-7-18-14(11)12/h2-5,7H,6,8-10H2,1H3,(H,20,21). The van der Waals surface area contributed by atoms with Crippen LogP contribution in [0.1, 0.15) is 18.9 Å². The molecule has 4 nitrogen and oxygen atoms in total. The summed E-state index contributed by atoms with van der Waals surface area (Å²) in [7, 11) is 0. The van der Waals surface area contributed by atoms with E-state index in [2.05, 4.69) is 9.88 Å². The van der Waals surface area contributed by atoms with E-state index in [0.29, 0.717) is 24.5 Å². The molecule has 0 amide bonds. The number of likely N-dealkylation sites (tertiary alicyclic amines) is 1. The van der Waals surface area contributed by atoms with Gasteiger partial charge in [0.05, 0.1) is 10.9 Å². The smallest absolute Gasteiger partial charge is 0.310 e. The summed E-state index contributed by atoms with van der Waals surface area (Å²) in [4.78, 5) is 17.9. The molecule has 5 heteroatoms. The van der Waals surface area contributed by atoms with E-state index in [-0.39, 0.29) is 0 Å². The van der Waals surface area contributed by atoms with Gasteiger partial charge in [0.2, 0.25) is 0 Å². The van der Waals surface area contributed by atoms with Crippen LogP contribution in [0, 0.1) is 5.41 Å². The topological polar surface area (TPSA) is 53.4 Å². The van der Waals surface area contributed by atoms with Crippen molar-refractivity contribution in [3.05, 3.63) is 41.0 Å². The average molecular weight is 305 g/mol. The molecule has 1 saturated heterocycles. The van der Waals surface area contributed by atoms with Gasteiger partial charge in [0.1, 0.15) is 0 Å². The summed E-state index contributed by atoms with van der Waals surface area (Å²) >= 11 is 6.33. The first kappa shape index (κ1) is 14.3. The molecule has 3 rings (SSSR count). The highest BCUT2D eigenvalue weighted by molar-refractivity contribution is 6.32. The summed E-state index contributed by atoms with van der Waals surface area (Å²) in [5.41, 5.74) is 1.21. The van der Waals surface area contributed by atoms with Gasteiger partial charge in [-0.1, -0.05) is 23.7 Å². The third kappa shape index (κ3) is 2.61. The van der Waals surface area contributed by atoms with Gasteiger partial charge in [0.25, 0.3) is 0 Å². The quantitative estimate of drug-likeness (QED) is 0.946. The maximum absolute atomic E-state index is 11.3. The van der Waals surface area contributed by atoms with Gasteiger partial charge < -0.3 is 5.11 Å². The number of rotatable bonds is 3. The number of pyridine rings is 1. The average Bonchev–Trinajstić information content (AvgIpc) is 2.85. The molecule has 1 aliphatic rings. The van der Waals surface area contributed by atoms with Gasteiger partial charge >= 0.3 is 5.97 Å². The summed E-state index contributed by atoms with van der Waals surface area (Å²) in [6.07, 6.45) is 2.42. The van der Waals surface area contributed by atoms with E-state index in [1.54, 1.807) is 13.1 Å². The lowest BCUT2D eigenvalue weighted by Gasteiger charge is -2.21. The third-order valence-electron chi connectivity index (χ3n) is 4.27. The molecule has 1 N–H and O–H groups in total. The highest BCUT2D eigenvalue weighted by Gasteiger charge is 2.40. The number of aliphatic carboxylic acids is 1. The molecule has 0 radical (unpaired) electrons. The molecular formula is C16H17ClN2O2. The zero-order valence-corrected chi connectivity index (χ0v) is 12.6. The largest absolute Gasteiger partial charge is 0.481 e. The van der Waals surface area contributed by atoms with Gasteiger partial charge in [0, 0.05) is 35.3 Å². The van der Waals surface area contributed by atoms with Crippen molar-refractivity contribution in [1.82, 2.24) is 9.88 Å². The second-order valence-electron chi connectivity index (χ2n) is 5.93. The molecule has 2 aromatic rings. The Labute approximate surface area is 128 Å². The van der Waals surface area contributed by atoms with Crippen LogP contribution < -0.4 is 0 Å². The van der Waals surface area contributed by atoms with Crippen LogP contribution in [-0.2, 0) is 11.3 Å². The fourth-order valence-electron chi connectivity index (χ4n) is 2.92. The van der Waals surface area contributed by atoms with Crippen molar-refractivity contribution in [2.75, 3.05) is 13.1 Å². The lowest BCUT2D eigenvalue weighted by atomic mass is 9.90. The van der Waals surface area contributed by atoms with Crippen LogP contribution in [0.2, 0.25) is 5.02 Å². The monoisotopic (exact) mass is 304 g/mol. The number of hydrogen-bond donors (Lipinski definition) is 1. The third-order valence-corrected chi connectivity index (χ3v) is 4.63. The van der Waals surface area contributed by atoms with E-state index in [1.807, 2.05) is 24.3 Å². The Balaban J connectivity index is 1.89. The number of carboxylic acids is 1. The van der Waals surface area contributed by atoms with Crippen molar-refractivity contribution in [3.8, 4) is 0 Å². The summed E-state index contributed by atoms with van der Waals surface area (Å²) in [5.74, 6) is -0.729. The van der Waals surface area contributed by atoms with Crippen LogP contribution in [0.5, 0.6) is 0 Å². The molecule has 1 unspecified atom stereocenters. The molecule has 1 fully saturated rings. The predicted octanol–water partition coefficient (Wildman–Crippen LogP) is 3.18. The van der Waals surface area contributed by atoms with Crippen molar-refractivity contribution in [1.29, 1.82) is 0 Å². The molecule has 21 heavy (non-hydrogen) atoms. The summed E-state index contributed by atoms with van der Waals surface area (Å²) in [6, 6.07) is 7.75. The maximum atomic E-state index is 11.3. The number of fused-ring (bicyclic) bond motifs is 1. The van der Waals surface area contributed by atoms with Crippen LogP contribution in [-0.4, -0.2) is 34.0 Å². The van der Waals surface area contributed by atoms with Gasteiger partial charge in [-0.15, -0.1) is 0 Å². The maximum Gasteiger partial charge on any atom is 0.310 e. The SMILES string of the molecule is CC1(C(=O)O)CCN(Cc2c(Cl)ccc3cccnc23)C1. The minimum absolute atomic E-state index is 0.544. The van der Waals surface area contributed by atoms with Crippen molar-refractivity contribution in [3.63, 3.8) is 0 Å². The molecule has 0 saturated carbocycles. The Morgan fingerprint density at radius 3 is 3.00 bits per heavy atom. The van der Waals surface area contributed by atoms with E-state index >= 15 is 0 Å². The van der Waals surface area contributed by atoms with E-state index < -0.39 is 11.4 Å². The van der Waals surface area contributed by atoms with Crippen molar-refractivity contribution >= 4 is 28.5 Å². The normalized spacial score (nSPS) is 22.8. The number of carbonyl (C=O) groups is 1. The number of hydrogen-bond acceptors (Lipinski definition) is 3. The molecule has 2 heterocycles. The second-order valence-corrected chi connectivity index (χ2v) is 6.33. The minimum Gasteiger partial charge on any atom is -0.481 e. The Bertz CT molecular complexity index is 704. The number of carboxylic acid groups (broad SMARTS) is 1. The zero-order valence-electron chi connectivity index (χ0n) is 11.8. The summed E-state index contributed by atoms with van der Waals surface area (Å²) < 4.78 is 0. The molecule has 1 aromatic heterocycles. The molecule has 0 spiro atoms. The van der Waals surface area contributed by atoms with Crippen molar-refractivity contribution in [2.24, 2.45) is 5.41 Å². The second kappa shape index (κ2) is 5.28. The molecule has 1 aromatic carbocycles. The van der Waals surface area contributed by atoms with E-state index in [4.69, 9.17) is 11.6 Å². The zero-order chi connectivity index (χ0) is 15.0. The fourth-order valence-corrected chi connectivity index (χ4v) is 3.13. The highest BCUT2D eigenvalue weighted by Crippen LogP contribution is 2.33. The summed E-state index contributed by atoms with van der Waals surface area (Å²) in [5, 5.41) is 11.1. The van der Waals surface area contributed by atoms with Crippen LogP contribution in [0.4, 0.5) is 0 Å².